The van der Waals surface area contributed by atoms with Crippen LogP contribution in [0.4, 0.5) is 10.1 Å². The number of pyridine rings is 1. The van der Waals surface area contributed by atoms with Crippen LogP contribution in [0.15, 0.2) is 72.9 Å². The maximum atomic E-state index is 14.1. The van der Waals surface area contributed by atoms with E-state index in [-0.39, 0.29) is 42.2 Å². The van der Waals surface area contributed by atoms with Gasteiger partial charge in [0.15, 0.2) is 5.11 Å². The number of aromatic carboxylic acids is 1. The molecule has 1 aliphatic heterocycles. The number of carbonyl (C=O) groups is 2. The molecule has 10 heteroatoms. The van der Waals surface area contributed by atoms with Crippen molar-refractivity contribution >= 4 is 34.9 Å². The number of aryl methyl sites for hydroxylation is 2. The van der Waals surface area contributed by atoms with Gasteiger partial charge in [-0.05, 0) is 86.6 Å². The van der Waals surface area contributed by atoms with Crippen molar-refractivity contribution < 1.29 is 19.1 Å². The van der Waals surface area contributed by atoms with Crippen molar-refractivity contribution in [3.63, 3.8) is 0 Å². The van der Waals surface area contributed by atoms with Crippen LogP contribution in [0.1, 0.15) is 57.1 Å². The Kier molecular flexibility index (Phi) is 7.85. The molecule has 1 saturated heterocycles. The smallest absolute Gasteiger partial charge is 0.335 e. The first-order chi connectivity index (χ1) is 19.7. The quantitative estimate of drug-likeness (QED) is 0.236. The van der Waals surface area contributed by atoms with Crippen LogP contribution in [0.2, 0.25) is 0 Å². The van der Waals surface area contributed by atoms with Crippen LogP contribution in [0.25, 0.3) is 5.69 Å². The van der Waals surface area contributed by atoms with Gasteiger partial charge in [-0.1, -0.05) is 24.3 Å². The molecule has 2 atom stereocenters. The molecular formula is C31H30FN5O3S. The normalized spacial score (nSPS) is 16.5. The highest BCUT2D eigenvalue weighted by atomic mass is 32.1. The largest absolute Gasteiger partial charge is 0.478 e. The number of para-hydroxylation sites is 1. The summed E-state index contributed by atoms with van der Waals surface area (Å²) in [5.41, 5.74) is 5.68. The van der Waals surface area contributed by atoms with Crippen molar-refractivity contribution in [2.75, 3.05) is 11.9 Å². The maximum absolute atomic E-state index is 14.1. The molecule has 1 aliphatic rings. The Morgan fingerprint density at radius 2 is 1.83 bits per heavy atom. The molecule has 210 valence electrons. The molecule has 2 aromatic heterocycles. The molecule has 0 spiro atoms. The van der Waals surface area contributed by atoms with Crippen molar-refractivity contribution in [1.82, 2.24) is 19.8 Å². The maximum Gasteiger partial charge on any atom is 0.335 e. The average Bonchev–Trinajstić information content (AvgIpc) is 3.43. The minimum absolute atomic E-state index is 0.0834. The summed E-state index contributed by atoms with van der Waals surface area (Å²) in [7, 11) is 0. The number of hydrogen-bond acceptors (Lipinski definition) is 4. The molecule has 41 heavy (non-hydrogen) atoms. The highest BCUT2D eigenvalue weighted by molar-refractivity contribution is 7.80. The van der Waals surface area contributed by atoms with Crippen LogP contribution in [0.3, 0.4) is 0 Å². The van der Waals surface area contributed by atoms with Gasteiger partial charge in [-0.2, -0.15) is 0 Å². The predicted molar refractivity (Wildman–Crippen MR) is 159 cm³/mol. The van der Waals surface area contributed by atoms with Gasteiger partial charge in [-0.25, -0.2) is 9.18 Å². The van der Waals surface area contributed by atoms with Crippen LogP contribution >= 0.6 is 12.2 Å². The predicted octanol–water partition coefficient (Wildman–Crippen LogP) is 5.64. The lowest BCUT2D eigenvalue weighted by Crippen LogP contribution is -2.33. The van der Waals surface area contributed by atoms with Gasteiger partial charge in [0.25, 0.3) is 0 Å². The third-order valence-corrected chi connectivity index (χ3v) is 7.76. The Morgan fingerprint density at radius 3 is 2.54 bits per heavy atom. The van der Waals surface area contributed by atoms with Crippen molar-refractivity contribution in [3.8, 4) is 5.69 Å². The zero-order valence-corrected chi connectivity index (χ0v) is 23.7. The third kappa shape index (κ3) is 5.55. The van der Waals surface area contributed by atoms with Crippen molar-refractivity contribution in [2.45, 2.75) is 39.3 Å². The number of anilines is 1. The van der Waals surface area contributed by atoms with E-state index in [0.29, 0.717) is 5.11 Å². The molecule has 3 heterocycles. The summed E-state index contributed by atoms with van der Waals surface area (Å²) in [6.07, 6.45) is 1.81. The van der Waals surface area contributed by atoms with Crippen LogP contribution in [-0.2, 0) is 4.79 Å². The van der Waals surface area contributed by atoms with Gasteiger partial charge in [0.05, 0.1) is 29.0 Å². The highest BCUT2D eigenvalue weighted by Crippen LogP contribution is 2.41. The number of carbonyl (C=O) groups excluding carboxylic acids is 1. The summed E-state index contributed by atoms with van der Waals surface area (Å²) in [5, 5.41) is 16.1. The minimum Gasteiger partial charge on any atom is -0.478 e. The lowest BCUT2D eigenvalue weighted by molar-refractivity contribution is -0.116. The number of carboxylic acid groups (broad SMARTS) is 1. The van der Waals surface area contributed by atoms with Crippen molar-refractivity contribution in [1.29, 1.82) is 0 Å². The lowest BCUT2D eigenvalue weighted by Gasteiger charge is -2.28. The molecule has 2 unspecified atom stereocenters. The van der Waals surface area contributed by atoms with Gasteiger partial charge in [0.1, 0.15) is 5.82 Å². The molecule has 3 N–H and O–H groups in total. The molecule has 0 radical (unpaired) electrons. The number of aromatic nitrogens is 2. The van der Waals surface area contributed by atoms with Gasteiger partial charge >= 0.3 is 5.97 Å². The lowest BCUT2D eigenvalue weighted by atomic mass is 9.96. The molecule has 0 bridgehead atoms. The zero-order valence-electron chi connectivity index (χ0n) is 22.9. The molecule has 1 fully saturated rings. The molecule has 5 rings (SSSR count). The number of nitrogens with zero attached hydrogens (tertiary/aromatic N) is 3. The van der Waals surface area contributed by atoms with E-state index < -0.39 is 11.8 Å². The Bertz CT molecular complexity index is 1640. The van der Waals surface area contributed by atoms with Gasteiger partial charge in [0.2, 0.25) is 5.91 Å². The zero-order chi connectivity index (χ0) is 29.3. The monoisotopic (exact) mass is 571 g/mol. The van der Waals surface area contributed by atoms with E-state index in [1.165, 1.54) is 12.1 Å². The summed E-state index contributed by atoms with van der Waals surface area (Å²) in [6, 6.07) is 18.3. The molecular weight excluding hydrogens is 541 g/mol. The standard InChI is InChI=1S/C31H30FN5O3S/c1-18-11-12-21(30(39)40)17-26(18)37-19(2)16-22(20(37)3)29-28(25-10-6-7-14-33-25)35-31(41)36(29)15-13-27(38)34-24-9-5-4-8-23(24)32/h4-12,14,16-17,28-29H,13,15H2,1-3H3,(H,34,38)(H,35,41)(H,39,40). The van der Waals surface area contributed by atoms with Gasteiger partial charge in [-0.15, -0.1) is 0 Å². The van der Waals surface area contributed by atoms with E-state index in [0.717, 1.165) is 33.9 Å². The van der Waals surface area contributed by atoms with Gasteiger partial charge in [-0.3, -0.25) is 9.78 Å². The second-order valence-corrected chi connectivity index (χ2v) is 10.5. The van der Waals surface area contributed by atoms with Crippen LogP contribution in [0, 0.1) is 26.6 Å². The summed E-state index contributed by atoms with van der Waals surface area (Å²) in [6.45, 7) is 6.21. The second kappa shape index (κ2) is 11.5. The van der Waals surface area contributed by atoms with Gasteiger partial charge < -0.3 is 25.2 Å². The molecule has 1 amide bonds. The van der Waals surface area contributed by atoms with Crippen LogP contribution in [-0.4, -0.2) is 43.1 Å². The average molecular weight is 572 g/mol. The number of rotatable bonds is 8. The third-order valence-electron chi connectivity index (χ3n) is 7.41. The number of hydrogen-bond donors (Lipinski definition) is 3. The van der Waals surface area contributed by atoms with Crippen LogP contribution in [0.5, 0.6) is 0 Å². The first-order valence-corrected chi connectivity index (χ1v) is 13.6. The summed E-state index contributed by atoms with van der Waals surface area (Å²) in [4.78, 5) is 31.1. The Balaban J connectivity index is 1.51. The SMILES string of the molecule is Cc1ccc(C(=O)O)cc1-n1c(C)cc(C2C(c3ccccn3)NC(=S)N2CCC(=O)Nc2ccccc2F)c1C. The first kappa shape index (κ1) is 28.0. The van der Waals surface area contributed by atoms with E-state index in [9.17, 15) is 19.1 Å². The Labute approximate surface area is 242 Å². The van der Waals surface area contributed by atoms with Crippen LogP contribution < -0.4 is 10.6 Å². The Hall–Kier alpha value is -4.57. The number of halogens is 1. The number of carboxylic acids is 1. The van der Waals surface area contributed by atoms with E-state index in [1.807, 2.05) is 43.9 Å². The molecule has 2 aromatic carbocycles. The second-order valence-electron chi connectivity index (χ2n) is 10.1. The van der Waals surface area contributed by atoms with Crippen molar-refractivity contribution in [2.24, 2.45) is 0 Å². The topological polar surface area (TPSA) is 99.5 Å². The molecule has 8 nitrogen and oxygen atoms in total. The summed E-state index contributed by atoms with van der Waals surface area (Å²) in [5.74, 6) is -1.82. The molecule has 4 aromatic rings. The van der Waals surface area contributed by atoms with Crippen molar-refractivity contribution in [3.05, 3.63) is 113 Å². The molecule has 0 saturated carbocycles. The fraction of sp³-hybridized carbons (Fsp3) is 0.226. The summed E-state index contributed by atoms with van der Waals surface area (Å²) >= 11 is 5.76. The number of benzene rings is 2. The fourth-order valence-electron chi connectivity index (χ4n) is 5.42. The highest BCUT2D eigenvalue weighted by Gasteiger charge is 2.41. The molecule has 0 aliphatic carbocycles. The minimum atomic E-state index is -0.991. The number of amides is 1. The number of thiocarbonyl (C=S) groups is 1. The first-order valence-electron chi connectivity index (χ1n) is 13.2. The van der Waals surface area contributed by atoms with E-state index in [1.54, 1.807) is 36.5 Å². The number of nitrogens with one attached hydrogen (secondary N) is 2. The Morgan fingerprint density at radius 1 is 1.07 bits per heavy atom. The van der Waals surface area contributed by atoms with Gasteiger partial charge in [0, 0.05) is 36.2 Å². The summed E-state index contributed by atoms with van der Waals surface area (Å²) < 4.78 is 16.2. The van der Waals surface area contributed by atoms with E-state index in [2.05, 4.69) is 26.3 Å². The van der Waals surface area contributed by atoms with E-state index >= 15 is 0 Å². The fourth-order valence-corrected chi connectivity index (χ4v) is 5.76. The van der Waals surface area contributed by atoms with E-state index in [4.69, 9.17) is 12.2 Å².